The fraction of sp³-hybridized carbons (Fsp3) is 0.458. The molecule has 0 bridgehead atoms. The van der Waals surface area contributed by atoms with E-state index < -0.39 is 17.9 Å². The average molecular weight is 478 g/mol. The van der Waals surface area contributed by atoms with Gasteiger partial charge in [0, 0.05) is 40.4 Å². The molecule has 1 atom stereocenters. The van der Waals surface area contributed by atoms with E-state index in [1.807, 2.05) is 6.92 Å². The van der Waals surface area contributed by atoms with Gasteiger partial charge < -0.3 is 24.3 Å². The lowest BCUT2D eigenvalue weighted by Crippen LogP contribution is -2.34. The Balaban J connectivity index is 2.12. The number of hydrogen-bond donors (Lipinski definition) is 1. The van der Waals surface area contributed by atoms with Gasteiger partial charge in [0.05, 0.1) is 25.9 Å². The molecular formula is C24H28ClNO7. The van der Waals surface area contributed by atoms with Crippen LogP contribution in [0.1, 0.15) is 51.5 Å². The molecule has 3 rings (SSSR count). The number of Topliss-reactive ketones (excluding diaryl/α,β-unsaturated/α-hetero) is 1. The Kier molecular flexibility index (Phi) is 8.02. The molecular weight excluding hydrogens is 450 g/mol. The first-order chi connectivity index (χ1) is 15.8. The van der Waals surface area contributed by atoms with Crippen LogP contribution in [0.25, 0.3) is 0 Å². The van der Waals surface area contributed by atoms with Gasteiger partial charge in [0.2, 0.25) is 0 Å². The van der Waals surface area contributed by atoms with Gasteiger partial charge in [0.25, 0.3) is 0 Å². The van der Waals surface area contributed by atoms with Gasteiger partial charge in [0.1, 0.15) is 0 Å². The zero-order valence-electron chi connectivity index (χ0n) is 19.2. The van der Waals surface area contributed by atoms with Crippen LogP contribution >= 0.6 is 11.6 Å². The molecule has 0 saturated carbocycles. The van der Waals surface area contributed by atoms with Crippen LogP contribution in [0.4, 0.5) is 0 Å². The standard InChI is InChI=1S/C24H28ClNO7/c1-5-31-18-10-14(15(25)11-19(18)33-12-20(28)32-6-2)22-21(24(29)30-4)13(3)26-16-8-7-9-17(27)23(16)22/h10-11,22,26H,5-9,12H2,1-4H3. The number of carbonyl (C=O) groups is 3. The summed E-state index contributed by atoms with van der Waals surface area (Å²) in [4.78, 5) is 37.5. The summed E-state index contributed by atoms with van der Waals surface area (Å²) in [7, 11) is 1.30. The van der Waals surface area contributed by atoms with Crippen LogP contribution in [0.3, 0.4) is 0 Å². The number of ether oxygens (including phenoxy) is 4. The number of methoxy groups -OCH3 is 1. The number of ketones is 1. The lowest BCUT2D eigenvalue weighted by Gasteiger charge is -2.34. The van der Waals surface area contributed by atoms with E-state index in [1.54, 1.807) is 19.9 Å². The van der Waals surface area contributed by atoms with Crippen molar-refractivity contribution in [2.24, 2.45) is 0 Å². The summed E-state index contributed by atoms with van der Waals surface area (Å²) in [6, 6.07) is 3.19. The molecule has 0 radical (unpaired) electrons. The van der Waals surface area contributed by atoms with Crippen LogP contribution in [-0.2, 0) is 23.9 Å². The highest BCUT2D eigenvalue weighted by Gasteiger charge is 2.40. The van der Waals surface area contributed by atoms with Crippen molar-refractivity contribution in [1.82, 2.24) is 5.32 Å². The van der Waals surface area contributed by atoms with Gasteiger partial charge in [-0.05, 0) is 45.2 Å². The van der Waals surface area contributed by atoms with E-state index in [2.05, 4.69) is 5.32 Å². The molecule has 8 nitrogen and oxygen atoms in total. The minimum atomic E-state index is -0.715. The second-order valence-electron chi connectivity index (χ2n) is 7.60. The van der Waals surface area contributed by atoms with Crippen LogP contribution in [0.2, 0.25) is 5.02 Å². The zero-order valence-corrected chi connectivity index (χ0v) is 20.0. The molecule has 1 aromatic rings. The molecule has 1 aromatic carbocycles. The maximum atomic E-state index is 13.0. The first-order valence-electron chi connectivity index (χ1n) is 10.9. The third-order valence-corrected chi connectivity index (χ3v) is 5.83. The van der Waals surface area contributed by atoms with Gasteiger partial charge in [-0.3, -0.25) is 4.79 Å². The molecule has 9 heteroatoms. The summed E-state index contributed by atoms with van der Waals surface area (Å²) in [6.07, 6.45) is 1.82. The number of carbonyl (C=O) groups excluding carboxylic acids is 3. The molecule has 1 aliphatic heterocycles. The first-order valence-corrected chi connectivity index (χ1v) is 11.3. The molecule has 33 heavy (non-hydrogen) atoms. The van der Waals surface area contributed by atoms with Crippen LogP contribution < -0.4 is 14.8 Å². The number of esters is 2. The molecule has 0 spiro atoms. The summed E-state index contributed by atoms with van der Waals surface area (Å²) in [5.74, 6) is -1.23. The summed E-state index contributed by atoms with van der Waals surface area (Å²) >= 11 is 6.67. The van der Waals surface area contributed by atoms with Gasteiger partial charge in [-0.1, -0.05) is 11.6 Å². The summed E-state index contributed by atoms with van der Waals surface area (Å²) in [6.45, 7) is 5.55. The monoisotopic (exact) mass is 477 g/mol. The number of allylic oxidation sites excluding steroid dienone is 3. The average Bonchev–Trinajstić information content (AvgIpc) is 2.78. The quantitative estimate of drug-likeness (QED) is 0.564. The number of rotatable bonds is 8. The van der Waals surface area contributed by atoms with E-state index in [9.17, 15) is 14.4 Å². The smallest absolute Gasteiger partial charge is 0.344 e. The van der Waals surface area contributed by atoms with Crippen molar-refractivity contribution >= 4 is 29.3 Å². The summed E-state index contributed by atoms with van der Waals surface area (Å²) in [5, 5.41) is 3.48. The molecule has 0 aromatic heterocycles. The minimum absolute atomic E-state index is 0.0423. The van der Waals surface area contributed by atoms with Crippen molar-refractivity contribution in [3.05, 3.63) is 45.3 Å². The number of hydrogen-bond acceptors (Lipinski definition) is 8. The van der Waals surface area contributed by atoms with Gasteiger partial charge >= 0.3 is 11.9 Å². The predicted octanol–water partition coefficient (Wildman–Crippen LogP) is 3.82. The normalized spacial score (nSPS) is 17.8. The van der Waals surface area contributed by atoms with Gasteiger partial charge in [-0.25, -0.2) is 9.59 Å². The Bertz CT molecular complexity index is 1030. The predicted molar refractivity (Wildman–Crippen MR) is 121 cm³/mol. The molecule has 1 N–H and O–H groups in total. The van der Waals surface area contributed by atoms with E-state index in [0.29, 0.717) is 47.6 Å². The van der Waals surface area contributed by atoms with E-state index in [1.165, 1.54) is 13.2 Å². The highest BCUT2D eigenvalue weighted by molar-refractivity contribution is 6.32. The number of benzene rings is 1. The lowest BCUT2D eigenvalue weighted by atomic mass is 9.75. The number of dihydropyridines is 1. The molecule has 1 aliphatic carbocycles. The summed E-state index contributed by atoms with van der Waals surface area (Å²) < 4.78 is 21.3. The Morgan fingerprint density at radius 1 is 1.12 bits per heavy atom. The van der Waals surface area contributed by atoms with Crippen molar-refractivity contribution in [3.8, 4) is 11.5 Å². The third kappa shape index (κ3) is 5.16. The SMILES string of the molecule is CCOC(=O)COc1cc(Cl)c(C2C(C(=O)OC)=C(C)NC3=C2C(=O)CCC3)cc1OCC. The maximum absolute atomic E-state index is 13.0. The molecule has 0 saturated heterocycles. The van der Waals surface area contributed by atoms with Crippen molar-refractivity contribution < 1.29 is 33.3 Å². The summed E-state index contributed by atoms with van der Waals surface area (Å²) in [5.41, 5.74) is 2.75. The topological polar surface area (TPSA) is 100 Å². The molecule has 1 heterocycles. The fourth-order valence-electron chi connectivity index (χ4n) is 4.17. The van der Waals surface area contributed by atoms with Crippen LogP contribution in [0, 0.1) is 0 Å². The van der Waals surface area contributed by atoms with Gasteiger partial charge in [-0.2, -0.15) is 0 Å². The fourth-order valence-corrected chi connectivity index (χ4v) is 4.43. The Morgan fingerprint density at radius 2 is 1.85 bits per heavy atom. The van der Waals surface area contributed by atoms with Gasteiger partial charge in [0.15, 0.2) is 23.9 Å². The largest absolute Gasteiger partial charge is 0.490 e. The van der Waals surface area contributed by atoms with Crippen LogP contribution in [0.15, 0.2) is 34.7 Å². The zero-order chi connectivity index (χ0) is 24.1. The highest BCUT2D eigenvalue weighted by atomic mass is 35.5. The Hall–Kier alpha value is -3.00. The second kappa shape index (κ2) is 10.7. The molecule has 0 fully saturated rings. The molecule has 1 unspecified atom stereocenters. The van der Waals surface area contributed by atoms with Crippen molar-refractivity contribution in [1.29, 1.82) is 0 Å². The Labute approximate surface area is 197 Å². The molecule has 2 aliphatic rings. The number of halogens is 1. The second-order valence-corrected chi connectivity index (χ2v) is 8.01. The molecule has 0 amide bonds. The minimum Gasteiger partial charge on any atom is -0.490 e. The van der Waals surface area contributed by atoms with E-state index >= 15 is 0 Å². The third-order valence-electron chi connectivity index (χ3n) is 5.51. The lowest BCUT2D eigenvalue weighted by molar-refractivity contribution is -0.145. The maximum Gasteiger partial charge on any atom is 0.344 e. The van der Waals surface area contributed by atoms with E-state index in [4.69, 9.17) is 30.5 Å². The van der Waals surface area contributed by atoms with Crippen LogP contribution in [-0.4, -0.2) is 44.7 Å². The van der Waals surface area contributed by atoms with Crippen LogP contribution in [0.5, 0.6) is 11.5 Å². The highest BCUT2D eigenvalue weighted by Crippen LogP contribution is 2.47. The van der Waals surface area contributed by atoms with Crippen molar-refractivity contribution in [2.45, 2.75) is 46.0 Å². The van der Waals surface area contributed by atoms with Gasteiger partial charge in [-0.15, -0.1) is 0 Å². The number of nitrogens with one attached hydrogen (secondary N) is 1. The van der Waals surface area contributed by atoms with E-state index in [0.717, 1.165) is 12.1 Å². The molecule has 178 valence electrons. The first kappa shape index (κ1) is 24.6. The Morgan fingerprint density at radius 3 is 2.52 bits per heavy atom. The van der Waals surface area contributed by atoms with Crippen molar-refractivity contribution in [2.75, 3.05) is 26.9 Å². The van der Waals surface area contributed by atoms with E-state index in [-0.39, 0.29) is 29.8 Å². The van der Waals surface area contributed by atoms with Crippen molar-refractivity contribution in [3.63, 3.8) is 0 Å².